The van der Waals surface area contributed by atoms with E-state index < -0.39 is 5.82 Å². The predicted octanol–water partition coefficient (Wildman–Crippen LogP) is 4.25. The van der Waals surface area contributed by atoms with E-state index >= 15 is 0 Å². The summed E-state index contributed by atoms with van der Waals surface area (Å²) in [7, 11) is 0. The zero-order valence-electron chi connectivity index (χ0n) is 18.3. The number of piperazine rings is 1. The van der Waals surface area contributed by atoms with Crippen LogP contribution in [0.15, 0.2) is 79.1 Å². The summed E-state index contributed by atoms with van der Waals surface area (Å²) >= 11 is 0. The first-order chi connectivity index (χ1) is 16.2. The zero-order chi connectivity index (χ0) is 22.9. The molecule has 3 aromatic rings. The molecule has 1 aromatic heterocycles. The van der Waals surface area contributed by atoms with Crippen LogP contribution in [0.25, 0.3) is 6.08 Å². The number of rotatable bonds is 8. The summed E-state index contributed by atoms with van der Waals surface area (Å²) in [5, 5.41) is 0. The SMILES string of the molecule is O=C(/C=C/c1ccc(Oc2cccnc2)c(F)c1)N1CCN(CCOc2ccccc2)CC1. The van der Waals surface area contributed by atoms with Crippen molar-refractivity contribution in [1.29, 1.82) is 0 Å². The van der Waals surface area contributed by atoms with Crippen LogP contribution >= 0.6 is 0 Å². The number of carbonyl (C=O) groups excluding carboxylic acids is 1. The average molecular weight is 448 g/mol. The molecule has 1 aliphatic rings. The number of amides is 1. The lowest BCUT2D eigenvalue weighted by atomic mass is 10.2. The molecule has 4 rings (SSSR count). The minimum Gasteiger partial charge on any atom is -0.492 e. The Balaban J connectivity index is 1.22. The molecule has 33 heavy (non-hydrogen) atoms. The third-order valence-electron chi connectivity index (χ3n) is 5.34. The maximum atomic E-state index is 14.4. The van der Waals surface area contributed by atoms with Crippen molar-refractivity contribution < 1.29 is 18.7 Å². The van der Waals surface area contributed by atoms with Crippen LogP contribution in [0.1, 0.15) is 5.56 Å². The van der Waals surface area contributed by atoms with Gasteiger partial charge in [-0.2, -0.15) is 0 Å². The first kappa shape index (κ1) is 22.5. The summed E-state index contributed by atoms with van der Waals surface area (Å²) in [5.41, 5.74) is 0.594. The average Bonchev–Trinajstić information content (AvgIpc) is 2.86. The van der Waals surface area contributed by atoms with Gasteiger partial charge in [-0.1, -0.05) is 24.3 Å². The van der Waals surface area contributed by atoms with Gasteiger partial charge >= 0.3 is 0 Å². The van der Waals surface area contributed by atoms with Crippen LogP contribution in [-0.4, -0.2) is 60.0 Å². The van der Waals surface area contributed by atoms with E-state index in [2.05, 4.69) is 9.88 Å². The van der Waals surface area contributed by atoms with Crippen LogP contribution < -0.4 is 9.47 Å². The number of nitrogens with zero attached hydrogens (tertiary/aromatic N) is 3. The van der Waals surface area contributed by atoms with E-state index in [1.54, 1.807) is 41.4 Å². The van der Waals surface area contributed by atoms with Crippen molar-refractivity contribution in [3.63, 3.8) is 0 Å². The van der Waals surface area contributed by atoms with E-state index in [4.69, 9.17) is 9.47 Å². The number of halogens is 1. The highest BCUT2D eigenvalue weighted by molar-refractivity contribution is 5.91. The van der Waals surface area contributed by atoms with E-state index in [0.29, 0.717) is 31.0 Å². The predicted molar refractivity (Wildman–Crippen MR) is 125 cm³/mol. The third kappa shape index (κ3) is 6.63. The quantitative estimate of drug-likeness (QED) is 0.483. The molecule has 0 N–H and O–H groups in total. The van der Waals surface area contributed by atoms with Gasteiger partial charge in [0.1, 0.15) is 18.1 Å². The summed E-state index contributed by atoms with van der Waals surface area (Å²) in [6.07, 6.45) is 6.25. The first-order valence-electron chi connectivity index (χ1n) is 10.9. The van der Waals surface area contributed by atoms with E-state index in [1.165, 1.54) is 18.3 Å². The van der Waals surface area contributed by atoms with Gasteiger partial charge in [-0.15, -0.1) is 0 Å². The summed E-state index contributed by atoms with van der Waals surface area (Å²) in [4.78, 5) is 20.6. The Labute approximate surface area is 192 Å². The molecule has 0 aliphatic carbocycles. The molecule has 0 spiro atoms. The minimum absolute atomic E-state index is 0.0775. The molecule has 1 aliphatic heterocycles. The third-order valence-corrected chi connectivity index (χ3v) is 5.34. The molecule has 0 unspecified atom stereocenters. The summed E-state index contributed by atoms with van der Waals surface area (Å²) in [6.45, 7) is 4.34. The highest BCUT2D eigenvalue weighted by Crippen LogP contribution is 2.25. The van der Waals surface area contributed by atoms with Crippen molar-refractivity contribution in [2.75, 3.05) is 39.3 Å². The normalized spacial score (nSPS) is 14.4. The van der Waals surface area contributed by atoms with E-state index in [0.717, 1.165) is 25.4 Å². The number of benzene rings is 2. The fraction of sp³-hybridized carbons (Fsp3) is 0.231. The monoisotopic (exact) mass is 447 g/mol. The van der Waals surface area contributed by atoms with Crippen molar-refractivity contribution in [3.05, 3.63) is 90.5 Å². The second-order valence-corrected chi connectivity index (χ2v) is 7.64. The second-order valence-electron chi connectivity index (χ2n) is 7.64. The Hall–Kier alpha value is -3.71. The number of hydrogen-bond acceptors (Lipinski definition) is 5. The Bertz CT molecular complexity index is 1070. The number of carbonyl (C=O) groups is 1. The number of pyridine rings is 1. The van der Waals surface area contributed by atoms with Gasteiger partial charge in [0.05, 0.1) is 6.20 Å². The highest BCUT2D eigenvalue weighted by Gasteiger charge is 2.19. The molecule has 1 saturated heterocycles. The van der Waals surface area contributed by atoms with Gasteiger partial charge in [0.2, 0.25) is 5.91 Å². The molecule has 0 atom stereocenters. The van der Waals surface area contributed by atoms with Gasteiger partial charge in [-0.05, 0) is 48.0 Å². The number of hydrogen-bond donors (Lipinski definition) is 0. The smallest absolute Gasteiger partial charge is 0.246 e. The maximum absolute atomic E-state index is 14.4. The molecule has 170 valence electrons. The molecule has 1 amide bonds. The molecular formula is C26H26FN3O3. The largest absolute Gasteiger partial charge is 0.492 e. The standard InChI is InChI=1S/C26H26FN3O3/c27-24-19-21(8-10-25(24)33-23-7-4-12-28-20-23)9-11-26(31)30-15-13-29(14-16-30)17-18-32-22-5-2-1-3-6-22/h1-12,19-20H,13-18H2/b11-9+. The molecule has 0 radical (unpaired) electrons. The van der Waals surface area contributed by atoms with E-state index in [9.17, 15) is 9.18 Å². The van der Waals surface area contributed by atoms with E-state index in [1.807, 2.05) is 30.3 Å². The second kappa shape index (κ2) is 11.2. The van der Waals surface area contributed by atoms with Gasteiger partial charge < -0.3 is 14.4 Å². The molecule has 6 nitrogen and oxygen atoms in total. The number of aromatic nitrogens is 1. The van der Waals surface area contributed by atoms with Gasteiger partial charge in [0, 0.05) is 45.0 Å². The van der Waals surface area contributed by atoms with E-state index in [-0.39, 0.29) is 11.7 Å². The molecule has 2 aromatic carbocycles. The summed E-state index contributed by atoms with van der Waals surface area (Å²) in [6, 6.07) is 17.8. The van der Waals surface area contributed by atoms with Crippen molar-refractivity contribution >= 4 is 12.0 Å². The molecule has 0 saturated carbocycles. The molecule has 0 bridgehead atoms. The first-order valence-corrected chi connectivity index (χ1v) is 10.9. The lowest BCUT2D eigenvalue weighted by Crippen LogP contribution is -2.49. The summed E-state index contributed by atoms with van der Waals surface area (Å²) < 4.78 is 25.6. The van der Waals surface area contributed by atoms with Crippen molar-refractivity contribution in [1.82, 2.24) is 14.8 Å². The Morgan fingerprint density at radius 1 is 1.00 bits per heavy atom. The minimum atomic E-state index is -0.500. The van der Waals surface area contributed by atoms with Gasteiger partial charge in [0.25, 0.3) is 0 Å². The van der Waals surface area contributed by atoms with Crippen LogP contribution in [0.3, 0.4) is 0 Å². The fourth-order valence-corrected chi connectivity index (χ4v) is 3.51. The van der Waals surface area contributed by atoms with Crippen LogP contribution in [0.2, 0.25) is 0 Å². The van der Waals surface area contributed by atoms with Crippen molar-refractivity contribution in [3.8, 4) is 17.2 Å². The van der Waals surface area contributed by atoms with Crippen molar-refractivity contribution in [2.45, 2.75) is 0 Å². The highest BCUT2D eigenvalue weighted by atomic mass is 19.1. The zero-order valence-corrected chi connectivity index (χ0v) is 18.3. The lowest BCUT2D eigenvalue weighted by Gasteiger charge is -2.34. The van der Waals surface area contributed by atoms with Gasteiger partial charge in [0.15, 0.2) is 11.6 Å². The molecule has 1 fully saturated rings. The Morgan fingerprint density at radius 2 is 1.79 bits per heavy atom. The Morgan fingerprint density at radius 3 is 2.52 bits per heavy atom. The Kier molecular flexibility index (Phi) is 7.66. The van der Waals surface area contributed by atoms with Crippen LogP contribution in [0, 0.1) is 5.82 Å². The lowest BCUT2D eigenvalue weighted by molar-refractivity contribution is -0.127. The maximum Gasteiger partial charge on any atom is 0.246 e. The molecule has 2 heterocycles. The fourth-order valence-electron chi connectivity index (χ4n) is 3.51. The van der Waals surface area contributed by atoms with Gasteiger partial charge in [-0.25, -0.2) is 4.39 Å². The van der Waals surface area contributed by atoms with Crippen molar-refractivity contribution in [2.24, 2.45) is 0 Å². The van der Waals surface area contributed by atoms with Crippen LogP contribution in [0.5, 0.6) is 17.2 Å². The number of ether oxygens (including phenoxy) is 2. The topological polar surface area (TPSA) is 54.9 Å². The molecular weight excluding hydrogens is 421 g/mol. The summed E-state index contributed by atoms with van der Waals surface area (Å²) in [5.74, 6) is 0.857. The van der Waals surface area contributed by atoms with Crippen LogP contribution in [0.4, 0.5) is 4.39 Å². The van der Waals surface area contributed by atoms with Crippen LogP contribution in [-0.2, 0) is 4.79 Å². The molecule has 7 heteroatoms. The van der Waals surface area contributed by atoms with Gasteiger partial charge in [-0.3, -0.25) is 14.7 Å². The number of para-hydroxylation sites is 1.